The van der Waals surface area contributed by atoms with Crippen molar-refractivity contribution in [3.05, 3.63) is 62.5 Å². The van der Waals surface area contributed by atoms with Crippen molar-refractivity contribution in [2.24, 2.45) is 0 Å². The third-order valence-electron chi connectivity index (χ3n) is 2.29. The van der Waals surface area contributed by atoms with E-state index < -0.39 is 0 Å². The molecule has 0 radical (unpaired) electrons. The molecular weight excluding hydrogens is 337 g/mol. The molecule has 0 fully saturated rings. The molecular formula is C13H8BrCl2NO. The standard InChI is InChI=1S/C13H8BrCl2NO/c14-9-4-1-3-8(7-9)13(18)17-12-10(15)5-2-6-11(12)16/h1-7H,(H,17,18). The molecule has 2 rings (SSSR count). The van der Waals surface area contributed by atoms with Gasteiger partial charge in [-0.1, -0.05) is 51.3 Å². The summed E-state index contributed by atoms with van der Waals surface area (Å²) in [5.74, 6) is -0.258. The summed E-state index contributed by atoms with van der Waals surface area (Å²) in [4.78, 5) is 12.0. The zero-order valence-corrected chi connectivity index (χ0v) is 12.2. The average Bonchev–Trinajstić information content (AvgIpc) is 2.34. The normalized spacial score (nSPS) is 10.2. The topological polar surface area (TPSA) is 29.1 Å². The minimum absolute atomic E-state index is 0.258. The Labute approximate surface area is 123 Å². The Bertz CT molecular complexity index is 581. The lowest BCUT2D eigenvalue weighted by Gasteiger charge is -2.09. The maximum Gasteiger partial charge on any atom is 0.255 e. The minimum Gasteiger partial charge on any atom is -0.319 e. The monoisotopic (exact) mass is 343 g/mol. The first-order valence-electron chi connectivity index (χ1n) is 5.09. The number of rotatable bonds is 2. The van der Waals surface area contributed by atoms with Gasteiger partial charge in [0.1, 0.15) is 0 Å². The molecule has 0 bridgehead atoms. The van der Waals surface area contributed by atoms with Crippen LogP contribution < -0.4 is 5.32 Å². The van der Waals surface area contributed by atoms with Gasteiger partial charge in [-0.2, -0.15) is 0 Å². The Kier molecular flexibility index (Phi) is 4.27. The largest absolute Gasteiger partial charge is 0.319 e. The summed E-state index contributed by atoms with van der Waals surface area (Å²) in [5.41, 5.74) is 0.950. The third kappa shape index (κ3) is 3.05. The number of amides is 1. The quantitative estimate of drug-likeness (QED) is 0.815. The molecule has 0 saturated carbocycles. The first-order chi connectivity index (χ1) is 8.58. The molecule has 5 heteroatoms. The Morgan fingerprint density at radius 2 is 1.67 bits per heavy atom. The van der Waals surface area contributed by atoms with Gasteiger partial charge in [0.25, 0.3) is 5.91 Å². The maximum atomic E-state index is 12.0. The van der Waals surface area contributed by atoms with Crippen molar-refractivity contribution < 1.29 is 4.79 Å². The van der Waals surface area contributed by atoms with Crippen molar-refractivity contribution in [3.63, 3.8) is 0 Å². The van der Waals surface area contributed by atoms with Gasteiger partial charge in [-0.3, -0.25) is 4.79 Å². The highest BCUT2D eigenvalue weighted by Crippen LogP contribution is 2.30. The number of carbonyl (C=O) groups is 1. The van der Waals surface area contributed by atoms with Gasteiger partial charge in [0.05, 0.1) is 15.7 Å². The van der Waals surface area contributed by atoms with Crippen LogP contribution in [0.15, 0.2) is 46.9 Å². The number of nitrogens with one attached hydrogen (secondary N) is 1. The molecule has 0 saturated heterocycles. The van der Waals surface area contributed by atoms with Crippen molar-refractivity contribution in [2.45, 2.75) is 0 Å². The van der Waals surface area contributed by atoms with Crippen molar-refractivity contribution >= 4 is 50.7 Å². The summed E-state index contributed by atoms with van der Waals surface area (Å²) in [6, 6.07) is 12.1. The Morgan fingerprint density at radius 1 is 1.06 bits per heavy atom. The summed E-state index contributed by atoms with van der Waals surface area (Å²) < 4.78 is 0.834. The van der Waals surface area contributed by atoms with Crippen LogP contribution in [0.25, 0.3) is 0 Å². The summed E-state index contributed by atoms with van der Waals surface area (Å²) >= 11 is 15.3. The molecule has 2 aromatic rings. The van der Waals surface area contributed by atoms with Gasteiger partial charge >= 0.3 is 0 Å². The summed E-state index contributed by atoms with van der Waals surface area (Å²) in [6.45, 7) is 0. The fraction of sp³-hybridized carbons (Fsp3) is 0. The van der Waals surface area contributed by atoms with E-state index in [-0.39, 0.29) is 5.91 Å². The lowest BCUT2D eigenvalue weighted by Crippen LogP contribution is -2.12. The van der Waals surface area contributed by atoms with Gasteiger partial charge in [0.2, 0.25) is 0 Å². The molecule has 0 unspecified atom stereocenters. The predicted molar refractivity (Wildman–Crippen MR) is 78.6 cm³/mol. The Hall–Kier alpha value is -1.03. The molecule has 0 aliphatic carbocycles. The number of carbonyl (C=O) groups excluding carboxylic acids is 1. The molecule has 2 nitrogen and oxygen atoms in total. The smallest absolute Gasteiger partial charge is 0.255 e. The molecule has 2 aromatic carbocycles. The van der Waals surface area contributed by atoms with Crippen LogP contribution in [0.4, 0.5) is 5.69 Å². The van der Waals surface area contributed by atoms with Crippen LogP contribution in [-0.2, 0) is 0 Å². The number of anilines is 1. The van der Waals surface area contributed by atoms with E-state index in [0.717, 1.165) is 4.47 Å². The molecule has 0 aliphatic heterocycles. The van der Waals surface area contributed by atoms with Crippen LogP contribution in [-0.4, -0.2) is 5.91 Å². The van der Waals surface area contributed by atoms with Gasteiger partial charge in [-0.25, -0.2) is 0 Å². The highest BCUT2D eigenvalue weighted by Gasteiger charge is 2.11. The zero-order valence-electron chi connectivity index (χ0n) is 9.08. The molecule has 1 N–H and O–H groups in total. The van der Waals surface area contributed by atoms with E-state index in [4.69, 9.17) is 23.2 Å². The van der Waals surface area contributed by atoms with E-state index in [9.17, 15) is 4.79 Å². The van der Waals surface area contributed by atoms with E-state index >= 15 is 0 Å². The second-order valence-corrected chi connectivity index (χ2v) is 5.29. The number of hydrogen-bond acceptors (Lipinski definition) is 1. The molecule has 0 spiro atoms. The molecule has 0 aromatic heterocycles. The molecule has 0 heterocycles. The first kappa shape index (κ1) is 13.4. The second-order valence-electron chi connectivity index (χ2n) is 3.56. The highest BCUT2D eigenvalue weighted by atomic mass is 79.9. The van der Waals surface area contributed by atoms with Crippen molar-refractivity contribution in [1.29, 1.82) is 0 Å². The third-order valence-corrected chi connectivity index (χ3v) is 3.41. The van der Waals surface area contributed by atoms with Crippen LogP contribution in [0.1, 0.15) is 10.4 Å². The van der Waals surface area contributed by atoms with Crippen molar-refractivity contribution in [2.75, 3.05) is 5.32 Å². The maximum absolute atomic E-state index is 12.0. The predicted octanol–water partition coefficient (Wildman–Crippen LogP) is 5.01. The van der Waals surface area contributed by atoms with E-state index in [1.165, 1.54) is 0 Å². The first-order valence-corrected chi connectivity index (χ1v) is 6.64. The number of para-hydroxylation sites is 1. The van der Waals surface area contributed by atoms with Gasteiger partial charge in [0, 0.05) is 10.0 Å². The lowest BCUT2D eigenvalue weighted by molar-refractivity contribution is 0.102. The summed E-state index contributed by atoms with van der Waals surface area (Å²) in [5, 5.41) is 3.51. The minimum atomic E-state index is -0.258. The second kappa shape index (κ2) is 5.74. The number of hydrogen-bond donors (Lipinski definition) is 1. The van der Waals surface area contributed by atoms with Crippen molar-refractivity contribution in [1.82, 2.24) is 0 Å². The molecule has 92 valence electrons. The van der Waals surface area contributed by atoms with Crippen molar-refractivity contribution in [3.8, 4) is 0 Å². The molecule has 0 aliphatic rings. The highest BCUT2D eigenvalue weighted by molar-refractivity contribution is 9.10. The van der Waals surface area contributed by atoms with Crippen LogP contribution >= 0.6 is 39.1 Å². The van der Waals surface area contributed by atoms with Gasteiger partial charge < -0.3 is 5.32 Å². The number of benzene rings is 2. The van der Waals surface area contributed by atoms with Crippen LogP contribution in [0.5, 0.6) is 0 Å². The lowest BCUT2D eigenvalue weighted by atomic mass is 10.2. The Balaban J connectivity index is 2.27. The fourth-order valence-electron chi connectivity index (χ4n) is 1.43. The summed E-state index contributed by atoms with van der Waals surface area (Å²) in [6.07, 6.45) is 0. The van der Waals surface area contributed by atoms with E-state index in [2.05, 4.69) is 21.2 Å². The zero-order chi connectivity index (χ0) is 13.1. The van der Waals surface area contributed by atoms with E-state index in [1.807, 2.05) is 6.07 Å². The average molecular weight is 345 g/mol. The molecule has 0 atom stereocenters. The fourth-order valence-corrected chi connectivity index (χ4v) is 2.32. The van der Waals surface area contributed by atoms with Crippen LogP contribution in [0, 0.1) is 0 Å². The molecule has 1 amide bonds. The number of halogens is 3. The van der Waals surface area contributed by atoms with Crippen LogP contribution in [0.2, 0.25) is 10.0 Å². The van der Waals surface area contributed by atoms with Gasteiger partial charge in [0.15, 0.2) is 0 Å². The SMILES string of the molecule is O=C(Nc1c(Cl)cccc1Cl)c1cccc(Br)c1. The van der Waals surface area contributed by atoms with E-state index in [0.29, 0.717) is 21.3 Å². The van der Waals surface area contributed by atoms with Crippen LogP contribution in [0.3, 0.4) is 0 Å². The van der Waals surface area contributed by atoms with E-state index in [1.54, 1.807) is 36.4 Å². The summed E-state index contributed by atoms with van der Waals surface area (Å²) in [7, 11) is 0. The Morgan fingerprint density at radius 3 is 2.28 bits per heavy atom. The van der Waals surface area contributed by atoms with Gasteiger partial charge in [-0.15, -0.1) is 0 Å². The molecule has 18 heavy (non-hydrogen) atoms. The van der Waals surface area contributed by atoms with Gasteiger partial charge in [-0.05, 0) is 30.3 Å².